The molecule has 0 fully saturated rings. The standard InChI is InChI=1S/C16H36N.C13H22N/c1-5-9-13-17(14-10-6-2,15-11-7-3)16-12-8-4;1-4-14(5-2,6-3)12-13-10-8-7-9-11-13/h5-16H2,1-4H3;7-11H,4-6,12H2,1-3H3/q2*+1. The van der Waals surface area contributed by atoms with Crippen molar-refractivity contribution in [1.82, 2.24) is 0 Å². The van der Waals surface area contributed by atoms with Crippen LogP contribution in [0.15, 0.2) is 30.3 Å². The molecule has 0 aliphatic heterocycles. The summed E-state index contributed by atoms with van der Waals surface area (Å²) < 4.78 is 2.62. The largest absolute Gasteiger partial charge is 0.324 e. The molecule has 0 bridgehead atoms. The Hall–Kier alpha value is -0.860. The van der Waals surface area contributed by atoms with Gasteiger partial charge in [-0.2, -0.15) is 0 Å². The van der Waals surface area contributed by atoms with E-state index in [2.05, 4.69) is 78.8 Å². The van der Waals surface area contributed by atoms with Crippen LogP contribution in [0.3, 0.4) is 0 Å². The number of quaternary nitrogens is 2. The van der Waals surface area contributed by atoms with Crippen LogP contribution >= 0.6 is 0 Å². The molecule has 0 atom stereocenters. The Balaban J connectivity index is 0.000000590. The minimum absolute atomic E-state index is 1.17. The van der Waals surface area contributed by atoms with Crippen LogP contribution in [0.5, 0.6) is 0 Å². The number of unbranched alkanes of at least 4 members (excludes halogenated alkanes) is 4. The van der Waals surface area contributed by atoms with Gasteiger partial charge in [-0.05, 0) is 46.5 Å². The van der Waals surface area contributed by atoms with Gasteiger partial charge in [0.25, 0.3) is 0 Å². The molecule has 0 aliphatic carbocycles. The summed E-state index contributed by atoms with van der Waals surface area (Å²) in [5.74, 6) is 0. The fraction of sp³-hybridized carbons (Fsp3) is 0.793. The summed E-state index contributed by atoms with van der Waals surface area (Å²) in [6, 6.07) is 10.8. The van der Waals surface area contributed by atoms with E-state index in [1.165, 1.54) is 118 Å². The van der Waals surface area contributed by atoms with Gasteiger partial charge in [0, 0.05) is 5.56 Å². The van der Waals surface area contributed by atoms with Gasteiger partial charge in [-0.25, -0.2) is 0 Å². The van der Waals surface area contributed by atoms with Crippen LogP contribution in [0.2, 0.25) is 0 Å². The van der Waals surface area contributed by atoms with Crippen molar-refractivity contribution in [2.45, 2.75) is 106 Å². The summed E-state index contributed by atoms with van der Waals surface area (Å²) in [6.45, 7) is 26.7. The Morgan fingerprint density at radius 3 is 1.13 bits per heavy atom. The quantitative estimate of drug-likeness (QED) is 0.217. The number of rotatable bonds is 17. The maximum absolute atomic E-state index is 2.33. The maximum atomic E-state index is 2.33. The van der Waals surface area contributed by atoms with E-state index < -0.39 is 0 Å². The second-order valence-corrected chi connectivity index (χ2v) is 9.58. The molecular weight excluding hydrogens is 376 g/mol. The third-order valence-electron chi connectivity index (χ3n) is 7.32. The molecule has 0 unspecified atom stereocenters. The zero-order valence-electron chi connectivity index (χ0n) is 22.6. The van der Waals surface area contributed by atoms with Crippen molar-refractivity contribution >= 4 is 0 Å². The molecule has 1 aromatic rings. The first-order valence-electron chi connectivity index (χ1n) is 13.7. The Bertz CT molecular complexity index is 447. The van der Waals surface area contributed by atoms with Crippen molar-refractivity contribution in [2.75, 3.05) is 45.8 Å². The first-order valence-corrected chi connectivity index (χ1v) is 13.7. The van der Waals surface area contributed by atoms with Gasteiger partial charge in [0.15, 0.2) is 0 Å². The van der Waals surface area contributed by atoms with Crippen LogP contribution in [0, 0.1) is 0 Å². The van der Waals surface area contributed by atoms with E-state index in [1.807, 2.05) is 0 Å². The van der Waals surface area contributed by atoms with Crippen LogP contribution in [-0.2, 0) is 6.54 Å². The number of hydrogen-bond donors (Lipinski definition) is 0. The van der Waals surface area contributed by atoms with Gasteiger partial charge in [0.2, 0.25) is 0 Å². The van der Waals surface area contributed by atoms with Crippen molar-refractivity contribution in [2.24, 2.45) is 0 Å². The summed E-state index contributed by atoms with van der Waals surface area (Å²) in [6.07, 6.45) is 11.1. The second-order valence-electron chi connectivity index (χ2n) is 9.58. The zero-order valence-corrected chi connectivity index (χ0v) is 22.6. The first-order chi connectivity index (χ1) is 15.0. The summed E-state index contributed by atoms with van der Waals surface area (Å²) in [5.41, 5.74) is 1.46. The minimum Gasteiger partial charge on any atom is -0.324 e. The molecule has 0 N–H and O–H groups in total. The summed E-state index contributed by atoms with van der Waals surface area (Å²) in [7, 11) is 0. The highest BCUT2D eigenvalue weighted by molar-refractivity contribution is 5.13. The lowest BCUT2D eigenvalue weighted by Gasteiger charge is -2.39. The third-order valence-corrected chi connectivity index (χ3v) is 7.32. The fourth-order valence-corrected chi connectivity index (χ4v) is 4.62. The third kappa shape index (κ3) is 12.7. The highest BCUT2D eigenvalue weighted by atomic mass is 15.3. The molecule has 0 aromatic heterocycles. The molecule has 0 radical (unpaired) electrons. The highest BCUT2D eigenvalue weighted by Gasteiger charge is 2.24. The summed E-state index contributed by atoms with van der Waals surface area (Å²) in [4.78, 5) is 0. The molecule has 2 heteroatoms. The normalized spacial score (nSPS) is 11.8. The number of benzene rings is 1. The first kappa shape index (κ1) is 30.1. The molecule has 0 saturated heterocycles. The lowest BCUT2D eigenvalue weighted by molar-refractivity contribution is -0.936. The minimum atomic E-state index is 1.17. The van der Waals surface area contributed by atoms with Gasteiger partial charge >= 0.3 is 0 Å². The van der Waals surface area contributed by atoms with Crippen molar-refractivity contribution in [3.63, 3.8) is 0 Å². The number of nitrogens with zero attached hydrogens (tertiary/aromatic N) is 2. The molecule has 0 amide bonds. The monoisotopic (exact) mass is 434 g/mol. The average Bonchev–Trinajstić information content (AvgIpc) is 2.83. The molecule has 0 saturated carbocycles. The predicted octanol–water partition coefficient (Wildman–Crippen LogP) is 8.07. The van der Waals surface area contributed by atoms with E-state index in [1.54, 1.807) is 0 Å². The van der Waals surface area contributed by atoms with Crippen molar-refractivity contribution in [3.05, 3.63) is 35.9 Å². The van der Waals surface area contributed by atoms with Gasteiger partial charge < -0.3 is 8.97 Å². The van der Waals surface area contributed by atoms with Gasteiger partial charge in [-0.3, -0.25) is 0 Å². The lowest BCUT2D eigenvalue weighted by Crippen LogP contribution is -2.50. The van der Waals surface area contributed by atoms with Crippen LogP contribution in [0.1, 0.15) is 105 Å². The van der Waals surface area contributed by atoms with Crippen LogP contribution in [0.25, 0.3) is 0 Å². The van der Waals surface area contributed by atoms with Gasteiger partial charge in [-0.1, -0.05) is 83.7 Å². The van der Waals surface area contributed by atoms with E-state index >= 15 is 0 Å². The van der Waals surface area contributed by atoms with E-state index in [0.29, 0.717) is 0 Å². The van der Waals surface area contributed by atoms with Crippen molar-refractivity contribution in [1.29, 1.82) is 0 Å². The molecule has 0 heterocycles. The smallest absolute Gasteiger partial charge is 0.104 e. The molecule has 2 nitrogen and oxygen atoms in total. The van der Waals surface area contributed by atoms with Gasteiger partial charge in [0.1, 0.15) is 6.54 Å². The predicted molar refractivity (Wildman–Crippen MR) is 141 cm³/mol. The summed E-state index contributed by atoms with van der Waals surface area (Å²) in [5, 5.41) is 0. The van der Waals surface area contributed by atoms with Crippen molar-refractivity contribution < 1.29 is 8.97 Å². The topological polar surface area (TPSA) is 0 Å². The SMILES string of the molecule is CCCC[N+](CCCC)(CCCC)CCCC.CC[N+](CC)(CC)Cc1ccccc1. The van der Waals surface area contributed by atoms with Gasteiger partial charge in [-0.15, -0.1) is 0 Å². The van der Waals surface area contributed by atoms with Crippen LogP contribution in [-0.4, -0.2) is 54.8 Å². The van der Waals surface area contributed by atoms with E-state index in [0.717, 1.165) is 0 Å². The molecule has 31 heavy (non-hydrogen) atoms. The molecule has 0 aliphatic rings. The Labute approximate surface area is 197 Å². The van der Waals surface area contributed by atoms with E-state index in [4.69, 9.17) is 0 Å². The van der Waals surface area contributed by atoms with E-state index in [-0.39, 0.29) is 0 Å². The Kier molecular flexibility index (Phi) is 18.2. The van der Waals surface area contributed by atoms with Crippen LogP contribution in [0.4, 0.5) is 0 Å². The maximum Gasteiger partial charge on any atom is 0.104 e. The van der Waals surface area contributed by atoms with Gasteiger partial charge in [0.05, 0.1) is 45.8 Å². The second kappa shape index (κ2) is 18.7. The zero-order chi connectivity index (χ0) is 23.4. The Morgan fingerprint density at radius 2 is 0.839 bits per heavy atom. The molecule has 0 spiro atoms. The fourth-order valence-electron chi connectivity index (χ4n) is 4.62. The average molecular weight is 435 g/mol. The van der Waals surface area contributed by atoms with E-state index in [9.17, 15) is 0 Å². The van der Waals surface area contributed by atoms with Crippen molar-refractivity contribution in [3.8, 4) is 0 Å². The lowest BCUT2D eigenvalue weighted by atomic mass is 10.1. The molecule has 1 rings (SSSR count). The molecular formula is C29H58N2+2. The highest BCUT2D eigenvalue weighted by Crippen LogP contribution is 2.16. The van der Waals surface area contributed by atoms with Crippen LogP contribution < -0.4 is 0 Å². The number of hydrogen-bond acceptors (Lipinski definition) is 0. The molecule has 1 aromatic carbocycles. The Morgan fingerprint density at radius 1 is 0.484 bits per heavy atom. The summed E-state index contributed by atoms with van der Waals surface area (Å²) >= 11 is 0. The molecule has 182 valence electrons.